The molecule has 1 heterocycles. The van der Waals surface area contributed by atoms with Gasteiger partial charge >= 0.3 is 0 Å². The molecule has 2 aromatic rings. The highest BCUT2D eigenvalue weighted by Gasteiger charge is 2.10. The molecule has 0 unspecified atom stereocenters. The average molecular weight is 358 g/mol. The van der Waals surface area contributed by atoms with Crippen molar-refractivity contribution >= 4 is 11.7 Å². The maximum atomic E-state index is 11.6. The van der Waals surface area contributed by atoms with E-state index in [0.717, 1.165) is 42.2 Å². The second-order valence-electron chi connectivity index (χ2n) is 5.89. The lowest BCUT2D eigenvalue weighted by molar-refractivity contribution is 0.289. The SMILES string of the molecule is CCN(CC)Cc1cc(/C(C)=N\Nc2nnc(C)c(=O)[nH]2)ccc1OC. The van der Waals surface area contributed by atoms with Crippen molar-refractivity contribution in [3.8, 4) is 5.75 Å². The summed E-state index contributed by atoms with van der Waals surface area (Å²) < 4.78 is 5.48. The molecule has 0 radical (unpaired) electrons. The number of benzene rings is 1. The first kappa shape index (κ1) is 19.6. The molecule has 0 fully saturated rings. The second-order valence-corrected chi connectivity index (χ2v) is 5.89. The van der Waals surface area contributed by atoms with Crippen molar-refractivity contribution in [2.24, 2.45) is 5.10 Å². The molecule has 1 aromatic carbocycles. The van der Waals surface area contributed by atoms with E-state index in [0.29, 0.717) is 5.69 Å². The molecule has 0 amide bonds. The lowest BCUT2D eigenvalue weighted by Crippen LogP contribution is -2.22. The van der Waals surface area contributed by atoms with Gasteiger partial charge in [0.25, 0.3) is 5.56 Å². The number of H-pyrrole nitrogens is 1. The Morgan fingerprint density at radius 3 is 2.65 bits per heavy atom. The van der Waals surface area contributed by atoms with Gasteiger partial charge in [0.2, 0.25) is 5.95 Å². The summed E-state index contributed by atoms with van der Waals surface area (Å²) in [5, 5.41) is 11.9. The summed E-state index contributed by atoms with van der Waals surface area (Å²) in [6.07, 6.45) is 0. The Morgan fingerprint density at radius 2 is 2.04 bits per heavy atom. The van der Waals surface area contributed by atoms with Crippen LogP contribution in [0.25, 0.3) is 0 Å². The minimum Gasteiger partial charge on any atom is -0.496 e. The smallest absolute Gasteiger partial charge is 0.274 e. The Morgan fingerprint density at radius 1 is 1.31 bits per heavy atom. The Balaban J connectivity index is 2.22. The molecule has 0 saturated heterocycles. The standard InChI is InChI=1S/C18H26N6O2/c1-6-24(7-2)11-15-10-14(8-9-16(15)26-5)12(3)20-22-18-19-17(25)13(4)21-23-18/h8-10H,6-7,11H2,1-5H3,(H2,19,22,23,25)/b20-12-. The molecule has 8 nitrogen and oxygen atoms in total. The van der Waals surface area contributed by atoms with Crippen molar-refractivity contribution in [3.63, 3.8) is 0 Å². The van der Waals surface area contributed by atoms with Crippen LogP contribution < -0.4 is 15.7 Å². The summed E-state index contributed by atoms with van der Waals surface area (Å²) in [7, 11) is 1.68. The Hall–Kier alpha value is -2.74. The van der Waals surface area contributed by atoms with Crippen LogP contribution in [0, 0.1) is 6.92 Å². The van der Waals surface area contributed by atoms with Gasteiger partial charge in [-0.15, -0.1) is 10.2 Å². The molecule has 1 aromatic heterocycles. The number of methoxy groups -OCH3 is 1. The topological polar surface area (TPSA) is 95.5 Å². The molecule has 2 N–H and O–H groups in total. The van der Waals surface area contributed by atoms with Gasteiger partial charge in [-0.2, -0.15) is 5.10 Å². The number of anilines is 1. The van der Waals surface area contributed by atoms with Crippen LogP contribution in [0.4, 0.5) is 5.95 Å². The molecule has 8 heteroatoms. The van der Waals surface area contributed by atoms with Crippen molar-refractivity contribution in [2.45, 2.75) is 34.2 Å². The largest absolute Gasteiger partial charge is 0.496 e. The lowest BCUT2D eigenvalue weighted by atomic mass is 10.1. The van der Waals surface area contributed by atoms with Crippen LogP contribution in [0.2, 0.25) is 0 Å². The van der Waals surface area contributed by atoms with Crippen LogP contribution >= 0.6 is 0 Å². The van der Waals surface area contributed by atoms with Crippen LogP contribution in [0.3, 0.4) is 0 Å². The number of rotatable bonds is 8. The van der Waals surface area contributed by atoms with Gasteiger partial charge in [0, 0.05) is 12.1 Å². The van der Waals surface area contributed by atoms with Crippen molar-refractivity contribution in [3.05, 3.63) is 45.4 Å². The summed E-state index contributed by atoms with van der Waals surface area (Å²) in [6, 6.07) is 5.97. The number of aromatic nitrogens is 3. The summed E-state index contributed by atoms with van der Waals surface area (Å²) in [5.74, 6) is 1.06. The molecule has 2 rings (SSSR count). The van der Waals surface area contributed by atoms with Gasteiger partial charge in [-0.1, -0.05) is 13.8 Å². The molecule has 140 valence electrons. The normalized spacial score (nSPS) is 11.7. The van der Waals surface area contributed by atoms with Crippen molar-refractivity contribution in [1.82, 2.24) is 20.1 Å². The van der Waals surface area contributed by atoms with E-state index < -0.39 is 0 Å². The Bertz CT molecular complexity index is 827. The third kappa shape index (κ3) is 4.89. The van der Waals surface area contributed by atoms with Crippen LogP contribution in [0.5, 0.6) is 5.75 Å². The van der Waals surface area contributed by atoms with E-state index in [-0.39, 0.29) is 11.5 Å². The maximum absolute atomic E-state index is 11.6. The van der Waals surface area contributed by atoms with Gasteiger partial charge in [0.15, 0.2) is 0 Å². The first-order valence-electron chi connectivity index (χ1n) is 8.62. The van der Waals surface area contributed by atoms with Gasteiger partial charge < -0.3 is 4.74 Å². The number of aryl methyl sites for hydroxylation is 1. The minimum absolute atomic E-state index is 0.205. The van der Waals surface area contributed by atoms with E-state index in [1.807, 2.05) is 19.1 Å². The third-order valence-electron chi connectivity index (χ3n) is 4.18. The molecule has 0 saturated carbocycles. The van der Waals surface area contributed by atoms with Gasteiger partial charge in [0.1, 0.15) is 11.4 Å². The fourth-order valence-corrected chi connectivity index (χ4v) is 2.46. The summed E-state index contributed by atoms with van der Waals surface area (Å²) >= 11 is 0. The fraction of sp³-hybridized carbons (Fsp3) is 0.444. The van der Waals surface area contributed by atoms with Crippen molar-refractivity contribution < 1.29 is 4.74 Å². The van der Waals surface area contributed by atoms with Gasteiger partial charge in [0.05, 0.1) is 12.8 Å². The number of aromatic amines is 1. The van der Waals surface area contributed by atoms with E-state index in [1.165, 1.54) is 0 Å². The van der Waals surface area contributed by atoms with Gasteiger partial charge in [-0.3, -0.25) is 14.7 Å². The number of hydrogen-bond donors (Lipinski definition) is 2. The highest BCUT2D eigenvalue weighted by molar-refractivity contribution is 5.99. The third-order valence-corrected chi connectivity index (χ3v) is 4.18. The van der Waals surface area contributed by atoms with E-state index in [9.17, 15) is 4.79 Å². The zero-order valence-corrected chi connectivity index (χ0v) is 16.0. The van der Waals surface area contributed by atoms with Gasteiger partial charge in [-0.25, -0.2) is 5.43 Å². The van der Waals surface area contributed by atoms with Crippen molar-refractivity contribution in [1.29, 1.82) is 0 Å². The predicted molar refractivity (Wildman–Crippen MR) is 103 cm³/mol. The molecular weight excluding hydrogens is 332 g/mol. The van der Waals surface area contributed by atoms with E-state index >= 15 is 0 Å². The van der Waals surface area contributed by atoms with E-state index in [4.69, 9.17) is 4.74 Å². The number of hydrogen-bond acceptors (Lipinski definition) is 7. The molecular formula is C18H26N6O2. The molecule has 26 heavy (non-hydrogen) atoms. The first-order valence-corrected chi connectivity index (χ1v) is 8.62. The molecule has 0 bridgehead atoms. The van der Waals surface area contributed by atoms with Crippen molar-refractivity contribution in [2.75, 3.05) is 25.6 Å². The predicted octanol–water partition coefficient (Wildman–Crippen LogP) is 2.16. The number of ether oxygens (including phenoxy) is 1. The van der Waals surface area contributed by atoms with E-state index in [1.54, 1.807) is 14.0 Å². The number of nitrogens with one attached hydrogen (secondary N) is 2. The summed E-state index contributed by atoms with van der Waals surface area (Å²) in [4.78, 5) is 16.5. The number of hydrazone groups is 1. The molecule has 0 aliphatic heterocycles. The van der Waals surface area contributed by atoms with Crippen LogP contribution in [0.1, 0.15) is 37.6 Å². The Kier molecular flexibility index (Phi) is 6.85. The summed E-state index contributed by atoms with van der Waals surface area (Å²) in [5.41, 5.74) is 5.59. The zero-order valence-electron chi connectivity index (χ0n) is 16.0. The quantitative estimate of drug-likeness (QED) is 0.555. The fourth-order valence-electron chi connectivity index (χ4n) is 2.46. The molecule has 0 aliphatic rings. The monoisotopic (exact) mass is 358 g/mol. The Labute approximate surface area is 153 Å². The highest BCUT2D eigenvalue weighted by Crippen LogP contribution is 2.22. The van der Waals surface area contributed by atoms with Crippen LogP contribution in [-0.2, 0) is 6.54 Å². The lowest BCUT2D eigenvalue weighted by Gasteiger charge is -2.20. The highest BCUT2D eigenvalue weighted by atomic mass is 16.5. The maximum Gasteiger partial charge on any atom is 0.274 e. The summed E-state index contributed by atoms with van der Waals surface area (Å²) in [6.45, 7) is 10.5. The molecule has 0 atom stereocenters. The average Bonchev–Trinajstić information content (AvgIpc) is 2.66. The zero-order chi connectivity index (χ0) is 19.1. The first-order chi connectivity index (χ1) is 12.5. The van der Waals surface area contributed by atoms with Crippen LogP contribution in [0.15, 0.2) is 28.1 Å². The van der Waals surface area contributed by atoms with Gasteiger partial charge in [-0.05, 0) is 50.7 Å². The molecule has 0 spiro atoms. The second kappa shape index (κ2) is 9.10. The number of nitrogens with zero attached hydrogens (tertiary/aromatic N) is 4. The minimum atomic E-state index is -0.290. The van der Waals surface area contributed by atoms with Crippen LogP contribution in [-0.4, -0.2) is 46.0 Å². The van der Waals surface area contributed by atoms with E-state index in [2.05, 4.69) is 50.5 Å². The molecule has 0 aliphatic carbocycles.